The van der Waals surface area contributed by atoms with Crippen molar-refractivity contribution in [1.29, 1.82) is 0 Å². The summed E-state index contributed by atoms with van der Waals surface area (Å²) in [6.07, 6.45) is 0. The predicted octanol–water partition coefficient (Wildman–Crippen LogP) is 2.50. The molecule has 0 aliphatic rings. The summed E-state index contributed by atoms with van der Waals surface area (Å²) >= 11 is 0. The van der Waals surface area contributed by atoms with Crippen LogP contribution in [-0.2, 0) is 0 Å². The number of hydrogen-bond donors (Lipinski definition) is 3. The van der Waals surface area contributed by atoms with Gasteiger partial charge in [-0.15, -0.1) is 0 Å². The molecule has 0 saturated carbocycles. The maximum Gasteiger partial charge on any atom is 0.259 e. The van der Waals surface area contributed by atoms with Gasteiger partial charge >= 0.3 is 0 Å². The Morgan fingerprint density at radius 1 is 1.16 bits per heavy atom. The predicted molar refractivity (Wildman–Crippen MR) is 66.8 cm³/mol. The third-order valence-corrected chi connectivity index (χ3v) is 2.46. The average Bonchev–Trinajstić information content (AvgIpc) is 2.36. The smallest absolute Gasteiger partial charge is 0.259 e. The number of nitrogens with two attached hydrogens (primary N) is 1. The maximum atomic E-state index is 13.2. The largest absolute Gasteiger partial charge is 0.507 e. The Hall–Kier alpha value is -2.63. The van der Waals surface area contributed by atoms with Crippen LogP contribution in [0.3, 0.4) is 0 Å². The number of halogens is 2. The first kappa shape index (κ1) is 12.8. The van der Waals surface area contributed by atoms with Crippen molar-refractivity contribution in [2.75, 3.05) is 11.1 Å². The summed E-state index contributed by atoms with van der Waals surface area (Å²) in [7, 11) is 0. The number of anilines is 2. The fourth-order valence-corrected chi connectivity index (χ4v) is 1.49. The van der Waals surface area contributed by atoms with Gasteiger partial charge in [0.2, 0.25) is 0 Å². The van der Waals surface area contributed by atoms with Gasteiger partial charge in [0.1, 0.15) is 17.4 Å². The topological polar surface area (TPSA) is 75.3 Å². The number of phenolic OH excluding ortho intramolecular Hbond substituents is 1. The number of rotatable bonds is 2. The van der Waals surface area contributed by atoms with Crippen molar-refractivity contribution in [3.8, 4) is 5.75 Å². The van der Waals surface area contributed by atoms with Gasteiger partial charge in [0.05, 0.1) is 11.3 Å². The minimum absolute atomic E-state index is 0.0494. The lowest BCUT2D eigenvalue weighted by Crippen LogP contribution is -2.12. The lowest BCUT2D eigenvalue weighted by Gasteiger charge is -2.07. The second-order valence-electron chi connectivity index (χ2n) is 3.85. The summed E-state index contributed by atoms with van der Waals surface area (Å²) in [6, 6.07) is 6.69. The molecule has 0 unspecified atom stereocenters. The first-order chi connectivity index (χ1) is 8.97. The van der Waals surface area contributed by atoms with Crippen molar-refractivity contribution in [2.45, 2.75) is 0 Å². The van der Waals surface area contributed by atoms with E-state index >= 15 is 0 Å². The monoisotopic (exact) mass is 264 g/mol. The molecule has 19 heavy (non-hydrogen) atoms. The molecule has 0 atom stereocenters. The molecule has 2 aromatic rings. The third kappa shape index (κ3) is 2.79. The fraction of sp³-hybridized carbons (Fsp3) is 0. The molecule has 0 aliphatic heterocycles. The summed E-state index contributed by atoms with van der Waals surface area (Å²) in [4.78, 5) is 11.8. The lowest BCUT2D eigenvalue weighted by atomic mass is 10.1. The molecule has 0 fully saturated rings. The first-order valence-corrected chi connectivity index (χ1v) is 5.32. The number of amides is 1. The van der Waals surface area contributed by atoms with Crippen molar-refractivity contribution < 1.29 is 18.7 Å². The van der Waals surface area contributed by atoms with Crippen molar-refractivity contribution in [1.82, 2.24) is 0 Å². The Kier molecular flexibility index (Phi) is 3.33. The van der Waals surface area contributed by atoms with Gasteiger partial charge in [0, 0.05) is 5.69 Å². The zero-order valence-electron chi connectivity index (χ0n) is 9.65. The second kappa shape index (κ2) is 4.93. The van der Waals surface area contributed by atoms with E-state index in [2.05, 4.69) is 5.32 Å². The van der Waals surface area contributed by atoms with Crippen LogP contribution in [0.2, 0.25) is 0 Å². The summed E-state index contributed by atoms with van der Waals surface area (Å²) in [5.41, 5.74) is 5.16. The average molecular weight is 264 g/mol. The van der Waals surface area contributed by atoms with Crippen LogP contribution in [0, 0.1) is 11.6 Å². The lowest BCUT2D eigenvalue weighted by molar-refractivity contribution is 0.102. The molecule has 4 N–H and O–H groups in total. The molecular weight excluding hydrogens is 254 g/mol. The maximum absolute atomic E-state index is 13.2. The first-order valence-electron chi connectivity index (χ1n) is 5.32. The van der Waals surface area contributed by atoms with Gasteiger partial charge < -0.3 is 16.2 Å². The molecule has 0 bridgehead atoms. The summed E-state index contributed by atoms with van der Waals surface area (Å²) < 4.78 is 26.2. The van der Waals surface area contributed by atoms with E-state index in [0.717, 1.165) is 24.3 Å². The van der Waals surface area contributed by atoms with E-state index < -0.39 is 17.5 Å². The molecule has 2 rings (SSSR count). The van der Waals surface area contributed by atoms with E-state index in [1.165, 1.54) is 12.1 Å². The standard InChI is InChI=1S/C13H10F2N2O2/c14-7-1-4-12(18)9(5-7)13(19)17-8-2-3-11(16)10(15)6-8/h1-6,18H,16H2,(H,17,19). The highest BCUT2D eigenvalue weighted by Crippen LogP contribution is 2.21. The van der Waals surface area contributed by atoms with Crippen LogP contribution in [-0.4, -0.2) is 11.0 Å². The third-order valence-electron chi connectivity index (χ3n) is 2.46. The van der Waals surface area contributed by atoms with Gasteiger partial charge in [0.15, 0.2) is 0 Å². The summed E-state index contributed by atoms with van der Waals surface area (Å²) in [6.45, 7) is 0. The molecule has 0 spiro atoms. The van der Waals surface area contributed by atoms with E-state index in [0.29, 0.717) is 0 Å². The molecule has 0 heterocycles. The van der Waals surface area contributed by atoms with Gasteiger partial charge in [-0.1, -0.05) is 0 Å². The molecule has 0 aliphatic carbocycles. The number of carbonyl (C=O) groups excluding carboxylic acids is 1. The number of nitrogens with one attached hydrogen (secondary N) is 1. The molecule has 98 valence electrons. The molecule has 0 saturated heterocycles. The zero-order valence-corrected chi connectivity index (χ0v) is 9.65. The molecule has 0 radical (unpaired) electrons. The van der Waals surface area contributed by atoms with Crippen molar-refractivity contribution >= 4 is 17.3 Å². The van der Waals surface area contributed by atoms with Crippen molar-refractivity contribution in [3.63, 3.8) is 0 Å². The normalized spacial score (nSPS) is 10.2. The van der Waals surface area contributed by atoms with Crippen LogP contribution in [0.15, 0.2) is 36.4 Å². The van der Waals surface area contributed by atoms with Gasteiger partial charge in [-0.2, -0.15) is 0 Å². The van der Waals surface area contributed by atoms with Crippen LogP contribution >= 0.6 is 0 Å². The number of hydrogen-bond acceptors (Lipinski definition) is 3. The Morgan fingerprint density at radius 3 is 2.58 bits per heavy atom. The van der Waals surface area contributed by atoms with Crippen LogP contribution in [0.1, 0.15) is 10.4 Å². The molecule has 2 aromatic carbocycles. The zero-order chi connectivity index (χ0) is 14.0. The summed E-state index contributed by atoms with van der Waals surface area (Å²) in [5, 5.41) is 11.8. The Morgan fingerprint density at radius 2 is 1.89 bits per heavy atom. The number of carbonyl (C=O) groups is 1. The Bertz CT molecular complexity index is 645. The highest BCUT2D eigenvalue weighted by molar-refractivity contribution is 6.06. The summed E-state index contributed by atoms with van der Waals surface area (Å²) in [5.74, 6) is -2.45. The minimum Gasteiger partial charge on any atom is -0.507 e. The highest BCUT2D eigenvalue weighted by atomic mass is 19.1. The van der Waals surface area contributed by atoms with Crippen molar-refractivity contribution in [3.05, 3.63) is 53.6 Å². The van der Waals surface area contributed by atoms with Crippen molar-refractivity contribution in [2.24, 2.45) is 0 Å². The highest BCUT2D eigenvalue weighted by Gasteiger charge is 2.13. The van der Waals surface area contributed by atoms with E-state index in [1.807, 2.05) is 0 Å². The number of nitrogen functional groups attached to an aromatic ring is 1. The van der Waals surface area contributed by atoms with Crippen LogP contribution in [0.5, 0.6) is 5.75 Å². The Balaban J connectivity index is 2.25. The minimum atomic E-state index is -0.749. The number of benzene rings is 2. The van der Waals surface area contributed by atoms with E-state index in [9.17, 15) is 18.7 Å². The van der Waals surface area contributed by atoms with Gasteiger partial charge in [-0.05, 0) is 36.4 Å². The van der Waals surface area contributed by atoms with Crippen LogP contribution in [0.4, 0.5) is 20.2 Å². The van der Waals surface area contributed by atoms with Crippen LogP contribution < -0.4 is 11.1 Å². The number of phenols is 1. The second-order valence-corrected chi connectivity index (χ2v) is 3.85. The Labute approximate surface area is 107 Å². The molecular formula is C13H10F2N2O2. The molecule has 4 nitrogen and oxygen atoms in total. The molecule has 6 heteroatoms. The quantitative estimate of drug-likeness (QED) is 0.729. The fourth-order valence-electron chi connectivity index (χ4n) is 1.49. The van der Waals surface area contributed by atoms with Crippen LogP contribution in [0.25, 0.3) is 0 Å². The van der Waals surface area contributed by atoms with E-state index in [4.69, 9.17) is 5.73 Å². The molecule has 0 aromatic heterocycles. The number of aromatic hydroxyl groups is 1. The SMILES string of the molecule is Nc1ccc(NC(=O)c2cc(F)ccc2O)cc1F. The van der Waals surface area contributed by atoms with Gasteiger partial charge in [-0.3, -0.25) is 4.79 Å². The van der Waals surface area contributed by atoms with E-state index in [1.54, 1.807) is 0 Å². The van der Waals surface area contributed by atoms with Gasteiger partial charge in [-0.25, -0.2) is 8.78 Å². The van der Waals surface area contributed by atoms with Gasteiger partial charge in [0.25, 0.3) is 5.91 Å². The molecule has 1 amide bonds. The van der Waals surface area contributed by atoms with E-state index in [-0.39, 0.29) is 22.7 Å².